The molecular weight excluding hydrogens is 132 g/mol. The van der Waals surface area contributed by atoms with Gasteiger partial charge in [-0.2, -0.15) is 0 Å². The van der Waals surface area contributed by atoms with Crippen LogP contribution in [0.5, 0.6) is 0 Å². The molecule has 66 valence electrons. The fraction of sp³-hybridized carbons (Fsp3) is 0.818. The Morgan fingerprint density at radius 3 is 2.18 bits per heavy atom. The maximum absolute atomic E-state index is 2.31. The summed E-state index contributed by atoms with van der Waals surface area (Å²) in [6.45, 7) is 11.3. The van der Waals surface area contributed by atoms with Crippen LogP contribution in [0.25, 0.3) is 0 Å². The second-order valence-corrected chi connectivity index (χ2v) is 3.67. The van der Waals surface area contributed by atoms with Gasteiger partial charge in [-0.05, 0) is 32.1 Å². The maximum Gasteiger partial charge on any atom is -0.0183 e. The van der Waals surface area contributed by atoms with Crippen molar-refractivity contribution < 1.29 is 0 Å². The molecule has 0 aromatic carbocycles. The fourth-order valence-corrected chi connectivity index (χ4v) is 1.61. The summed E-state index contributed by atoms with van der Waals surface area (Å²) in [6, 6.07) is 0. The van der Waals surface area contributed by atoms with Crippen molar-refractivity contribution in [3.8, 4) is 0 Å². The Labute approximate surface area is 71.7 Å². The zero-order valence-corrected chi connectivity index (χ0v) is 8.65. The average Bonchev–Trinajstić information content (AvgIpc) is 1.98. The Bertz CT molecular complexity index is 120. The maximum atomic E-state index is 2.31. The number of hydrogen-bond acceptors (Lipinski definition) is 0. The van der Waals surface area contributed by atoms with E-state index in [0.29, 0.717) is 0 Å². The van der Waals surface area contributed by atoms with Crippen molar-refractivity contribution in [2.45, 2.75) is 47.5 Å². The summed E-state index contributed by atoms with van der Waals surface area (Å²) in [5, 5.41) is 0. The molecule has 0 aliphatic carbocycles. The van der Waals surface area contributed by atoms with Gasteiger partial charge in [0.15, 0.2) is 0 Å². The van der Waals surface area contributed by atoms with Gasteiger partial charge in [0, 0.05) is 0 Å². The topological polar surface area (TPSA) is 0 Å². The largest absolute Gasteiger partial charge is 0.0884 e. The zero-order valence-electron chi connectivity index (χ0n) is 8.65. The Kier molecular flexibility index (Phi) is 5.27. The third-order valence-electron chi connectivity index (χ3n) is 2.44. The van der Waals surface area contributed by atoms with E-state index in [1.165, 1.54) is 12.8 Å². The lowest BCUT2D eigenvalue weighted by Gasteiger charge is -2.20. The minimum Gasteiger partial charge on any atom is -0.0884 e. The van der Waals surface area contributed by atoms with E-state index in [0.717, 1.165) is 11.8 Å². The van der Waals surface area contributed by atoms with E-state index in [2.05, 4.69) is 40.7 Å². The van der Waals surface area contributed by atoms with Gasteiger partial charge < -0.3 is 0 Å². The molecule has 0 saturated carbocycles. The van der Waals surface area contributed by atoms with Gasteiger partial charge in [-0.3, -0.25) is 0 Å². The SMILES string of the molecule is C/C=C(\C)[C@H](CCC)C(C)C. The second kappa shape index (κ2) is 5.40. The molecule has 0 spiro atoms. The first-order valence-electron chi connectivity index (χ1n) is 4.76. The van der Waals surface area contributed by atoms with E-state index in [9.17, 15) is 0 Å². The molecule has 0 aromatic heterocycles. The highest BCUT2D eigenvalue weighted by atomic mass is 14.2. The summed E-state index contributed by atoms with van der Waals surface area (Å²) in [5.41, 5.74) is 1.56. The molecule has 0 heterocycles. The first-order chi connectivity index (χ1) is 5.13. The van der Waals surface area contributed by atoms with Gasteiger partial charge in [0.25, 0.3) is 0 Å². The Morgan fingerprint density at radius 2 is 1.91 bits per heavy atom. The molecule has 1 atom stereocenters. The summed E-state index contributed by atoms with van der Waals surface area (Å²) in [4.78, 5) is 0. The third-order valence-corrected chi connectivity index (χ3v) is 2.44. The van der Waals surface area contributed by atoms with Crippen molar-refractivity contribution in [1.29, 1.82) is 0 Å². The third kappa shape index (κ3) is 3.60. The van der Waals surface area contributed by atoms with E-state index in [4.69, 9.17) is 0 Å². The fourth-order valence-electron chi connectivity index (χ4n) is 1.61. The number of allylic oxidation sites excluding steroid dienone is 2. The first-order valence-corrected chi connectivity index (χ1v) is 4.76. The average molecular weight is 154 g/mol. The Hall–Kier alpha value is -0.260. The van der Waals surface area contributed by atoms with Crippen molar-refractivity contribution in [1.82, 2.24) is 0 Å². The molecule has 0 heteroatoms. The van der Waals surface area contributed by atoms with Crippen LogP contribution in [0.1, 0.15) is 47.5 Å². The van der Waals surface area contributed by atoms with Crippen molar-refractivity contribution in [2.75, 3.05) is 0 Å². The van der Waals surface area contributed by atoms with Gasteiger partial charge in [-0.1, -0.05) is 38.8 Å². The summed E-state index contributed by atoms with van der Waals surface area (Å²) >= 11 is 0. The molecule has 0 N–H and O–H groups in total. The molecule has 0 aliphatic rings. The normalized spacial score (nSPS) is 15.6. The highest BCUT2D eigenvalue weighted by Gasteiger charge is 2.12. The second-order valence-electron chi connectivity index (χ2n) is 3.67. The summed E-state index contributed by atoms with van der Waals surface area (Å²) in [5.74, 6) is 1.61. The van der Waals surface area contributed by atoms with Gasteiger partial charge in [0.05, 0.1) is 0 Å². The molecule has 11 heavy (non-hydrogen) atoms. The number of rotatable bonds is 4. The van der Waals surface area contributed by atoms with Crippen molar-refractivity contribution in [3.05, 3.63) is 11.6 Å². The van der Waals surface area contributed by atoms with Crippen molar-refractivity contribution in [3.63, 3.8) is 0 Å². The van der Waals surface area contributed by atoms with Crippen LogP contribution >= 0.6 is 0 Å². The lowest BCUT2D eigenvalue weighted by Crippen LogP contribution is -2.09. The van der Waals surface area contributed by atoms with Gasteiger partial charge >= 0.3 is 0 Å². The molecule has 0 rings (SSSR count). The highest BCUT2D eigenvalue weighted by Crippen LogP contribution is 2.24. The van der Waals surface area contributed by atoms with E-state index in [-0.39, 0.29) is 0 Å². The van der Waals surface area contributed by atoms with Crippen LogP contribution in [0, 0.1) is 11.8 Å². The molecule has 0 nitrogen and oxygen atoms in total. The molecule has 0 amide bonds. The molecule has 0 saturated heterocycles. The van der Waals surface area contributed by atoms with Crippen LogP contribution in [-0.4, -0.2) is 0 Å². The van der Waals surface area contributed by atoms with E-state index in [1.54, 1.807) is 5.57 Å². The van der Waals surface area contributed by atoms with E-state index in [1.807, 2.05) is 0 Å². The van der Waals surface area contributed by atoms with Gasteiger partial charge in [-0.15, -0.1) is 0 Å². The Morgan fingerprint density at radius 1 is 1.36 bits per heavy atom. The van der Waals surface area contributed by atoms with Crippen molar-refractivity contribution in [2.24, 2.45) is 11.8 Å². The van der Waals surface area contributed by atoms with Crippen LogP contribution in [0.2, 0.25) is 0 Å². The molecule has 0 radical (unpaired) electrons. The summed E-state index contributed by atoms with van der Waals surface area (Å²) in [6.07, 6.45) is 4.89. The lowest BCUT2D eigenvalue weighted by atomic mass is 9.85. The van der Waals surface area contributed by atoms with Crippen LogP contribution in [-0.2, 0) is 0 Å². The van der Waals surface area contributed by atoms with Crippen LogP contribution in [0.15, 0.2) is 11.6 Å². The molecule has 0 aromatic rings. The van der Waals surface area contributed by atoms with E-state index < -0.39 is 0 Å². The highest BCUT2D eigenvalue weighted by molar-refractivity contribution is 5.02. The molecule has 0 unspecified atom stereocenters. The quantitative estimate of drug-likeness (QED) is 0.536. The van der Waals surface area contributed by atoms with Crippen LogP contribution in [0.3, 0.4) is 0 Å². The summed E-state index contributed by atoms with van der Waals surface area (Å²) < 4.78 is 0. The zero-order chi connectivity index (χ0) is 8.85. The molecule has 0 bridgehead atoms. The monoisotopic (exact) mass is 154 g/mol. The number of hydrogen-bond donors (Lipinski definition) is 0. The summed E-state index contributed by atoms with van der Waals surface area (Å²) in [7, 11) is 0. The predicted molar refractivity (Wildman–Crippen MR) is 52.7 cm³/mol. The molecule has 0 aliphatic heterocycles. The standard InChI is InChI=1S/C11H22/c1-6-8-11(9(3)4)10(5)7-2/h7,9,11H,6,8H2,1-5H3/b10-7+/t11-/m1/s1. The van der Waals surface area contributed by atoms with Crippen molar-refractivity contribution >= 4 is 0 Å². The predicted octanol–water partition coefficient (Wildman–Crippen LogP) is 4.02. The van der Waals surface area contributed by atoms with Gasteiger partial charge in [0.2, 0.25) is 0 Å². The van der Waals surface area contributed by atoms with E-state index >= 15 is 0 Å². The van der Waals surface area contributed by atoms with Gasteiger partial charge in [0.1, 0.15) is 0 Å². The molecule has 0 fully saturated rings. The van der Waals surface area contributed by atoms with Gasteiger partial charge in [-0.25, -0.2) is 0 Å². The first kappa shape index (κ1) is 10.7. The van der Waals surface area contributed by atoms with Crippen LogP contribution in [0.4, 0.5) is 0 Å². The lowest BCUT2D eigenvalue weighted by molar-refractivity contribution is 0.410. The molecular formula is C11H22. The Balaban J connectivity index is 4.10. The minimum atomic E-state index is 0.797. The smallest absolute Gasteiger partial charge is 0.0183 e. The minimum absolute atomic E-state index is 0.797. The van der Waals surface area contributed by atoms with Crippen LogP contribution < -0.4 is 0 Å².